The Labute approximate surface area is 169 Å². The third-order valence-corrected chi connectivity index (χ3v) is 5.82. The van der Waals surface area contributed by atoms with Crippen molar-refractivity contribution in [1.82, 2.24) is 0 Å². The molecule has 1 aliphatic heterocycles. The van der Waals surface area contributed by atoms with Gasteiger partial charge in [0.2, 0.25) is 0 Å². The lowest BCUT2D eigenvalue weighted by Gasteiger charge is -2.18. The first-order chi connectivity index (χ1) is 13.9. The summed E-state index contributed by atoms with van der Waals surface area (Å²) in [5.41, 5.74) is 1.83. The molecule has 0 bridgehead atoms. The number of methoxy groups -OCH3 is 1. The minimum Gasteiger partial charge on any atom is -0.488 e. The van der Waals surface area contributed by atoms with Gasteiger partial charge in [0, 0.05) is 29.1 Å². The Kier molecular flexibility index (Phi) is 4.79. The number of carbonyl (C=O) groups excluding carboxylic acids is 2. The van der Waals surface area contributed by atoms with Gasteiger partial charge in [-0.1, -0.05) is 0 Å². The summed E-state index contributed by atoms with van der Waals surface area (Å²) in [5.74, 6) is -1.84. The van der Waals surface area contributed by atoms with Crippen molar-refractivity contribution in [1.29, 1.82) is 0 Å². The molecular formula is C21H15F2NO4S. The molecule has 0 saturated heterocycles. The Bertz CT molecular complexity index is 1140. The highest BCUT2D eigenvalue weighted by Gasteiger charge is 2.26. The lowest BCUT2D eigenvalue weighted by molar-refractivity contribution is 0.0600. The molecule has 0 saturated carbocycles. The molecule has 1 amide bonds. The Hall–Kier alpha value is -3.26. The predicted octanol–water partition coefficient (Wildman–Crippen LogP) is 4.65. The van der Waals surface area contributed by atoms with Gasteiger partial charge in [0.05, 0.1) is 23.2 Å². The highest BCUT2D eigenvalue weighted by Crippen LogP contribution is 2.43. The summed E-state index contributed by atoms with van der Waals surface area (Å²) in [6, 6.07) is 9.70. The molecule has 29 heavy (non-hydrogen) atoms. The summed E-state index contributed by atoms with van der Waals surface area (Å²) in [7, 11) is 2.73. The van der Waals surface area contributed by atoms with Crippen molar-refractivity contribution in [2.75, 3.05) is 19.1 Å². The molecule has 0 spiro atoms. The van der Waals surface area contributed by atoms with Crippen LogP contribution in [0.3, 0.4) is 0 Å². The van der Waals surface area contributed by atoms with Crippen LogP contribution in [0.4, 0.5) is 14.5 Å². The number of esters is 1. The van der Waals surface area contributed by atoms with Gasteiger partial charge in [-0.3, -0.25) is 4.79 Å². The predicted molar refractivity (Wildman–Crippen MR) is 105 cm³/mol. The molecule has 0 radical (unpaired) electrons. The second kappa shape index (κ2) is 7.29. The SMILES string of the molecule is COC(=O)c1ccc2c(c1)-c1sc(C(=O)N(C)c3ccc(F)cc3F)cc1CO2. The minimum atomic E-state index is -0.821. The van der Waals surface area contributed by atoms with Gasteiger partial charge in [-0.15, -0.1) is 11.3 Å². The van der Waals surface area contributed by atoms with Crippen molar-refractivity contribution in [2.24, 2.45) is 0 Å². The number of anilines is 1. The molecule has 5 nitrogen and oxygen atoms in total. The van der Waals surface area contributed by atoms with Crippen LogP contribution < -0.4 is 9.64 Å². The fourth-order valence-electron chi connectivity index (χ4n) is 3.13. The van der Waals surface area contributed by atoms with Crippen LogP contribution in [-0.4, -0.2) is 26.0 Å². The number of halogens is 2. The third kappa shape index (κ3) is 3.36. The molecule has 1 aromatic heterocycles. The number of amides is 1. The number of ether oxygens (including phenoxy) is 2. The van der Waals surface area contributed by atoms with E-state index in [0.717, 1.165) is 27.5 Å². The molecule has 2 heterocycles. The second-order valence-corrected chi connectivity index (χ2v) is 7.47. The van der Waals surface area contributed by atoms with Gasteiger partial charge in [-0.05, 0) is 36.4 Å². The summed E-state index contributed by atoms with van der Waals surface area (Å²) in [4.78, 5) is 27.1. The van der Waals surface area contributed by atoms with E-state index in [1.165, 1.54) is 31.6 Å². The topological polar surface area (TPSA) is 55.8 Å². The van der Waals surface area contributed by atoms with Crippen molar-refractivity contribution in [3.63, 3.8) is 0 Å². The van der Waals surface area contributed by atoms with Crippen LogP contribution in [-0.2, 0) is 11.3 Å². The van der Waals surface area contributed by atoms with E-state index in [9.17, 15) is 18.4 Å². The fourth-order valence-corrected chi connectivity index (χ4v) is 4.29. The smallest absolute Gasteiger partial charge is 0.337 e. The first-order valence-electron chi connectivity index (χ1n) is 8.60. The molecule has 148 valence electrons. The fraction of sp³-hybridized carbons (Fsp3) is 0.143. The van der Waals surface area contributed by atoms with Crippen molar-refractivity contribution < 1.29 is 27.8 Å². The van der Waals surface area contributed by atoms with E-state index in [1.807, 2.05) is 0 Å². The number of fused-ring (bicyclic) bond motifs is 3. The molecule has 3 aromatic rings. The average Bonchev–Trinajstić information content (AvgIpc) is 3.16. The van der Waals surface area contributed by atoms with E-state index in [0.29, 0.717) is 21.8 Å². The number of nitrogens with zero attached hydrogens (tertiary/aromatic N) is 1. The Morgan fingerprint density at radius 1 is 1.14 bits per heavy atom. The third-order valence-electron chi connectivity index (χ3n) is 4.62. The van der Waals surface area contributed by atoms with Gasteiger partial charge in [-0.25, -0.2) is 13.6 Å². The maximum Gasteiger partial charge on any atom is 0.337 e. The van der Waals surface area contributed by atoms with E-state index in [1.54, 1.807) is 24.3 Å². The second-order valence-electron chi connectivity index (χ2n) is 6.42. The lowest BCUT2D eigenvalue weighted by Crippen LogP contribution is -2.26. The maximum absolute atomic E-state index is 14.1. The molecule has 0 unspecified atom stereocenters. The zero-order chi connectivity index (χ0) is 20.7. The Balaban J connectivity index is 1.70. The molecule has 2 aromatic carbocycles. The molecule has 1 aliphatic rings. The zero-order valence-electron chi connectivity index (χ0n) is 15.5. The number of thiophene rings is 1. The number of carbonyl (C=O) groups is 2. The number of rotatable bonds is 3. The Morgan fingerprint density at radius 3 is 2.66 bits per heavy atom. The first-order valence-corrected chi connectivity index (χ1v) is 9.42. The van der Waals surface area contributed by atoms with Crippen LogP contribution >= 0.6 is 11.3 Å². The van der Waals surface area contributed by atoms with Crippen molar-refractivity contribution in [3.05, 3.63) is 70.1 Å². The highest BCUT2D eigenvalue weighted by atomic mass is 32.1. The molecule has 8 heteroatoms. The standard InChI is InChI=1S/C21H15F2NO4S/c1-24(16-5-4-13(22)9-15(16)23)20(25)18-8-12-10-28-17-6-3-11(21(26)27-2)7-14(17)19(12)29-18/h3-9H,10H2,1-2H3. The number of hydrogen-bond donors (Lipinski definition) is 0. The summed E-state index contributed by atoms with van der Waals surface area (Å²) in [5, 5.41) is 0. The van der Waals surface area contributed by atoms with Gasteiger partial charge >= 0.3 is 5.97 Å². The van der Waals surface area contributed by atoms with Crippen LogP contribution in [0, 0.1) is 11.6 Å². The number of benzene rings is 2. The van der Waals surface area contributed by atoms with Gasteiger partial charge in [0.25, 0.3) is 5.91 Å². The summed E-state index contributed by atoms with van der Waals surface area (Å²) >= 11 is 1.23. The normalized spacial score (nSPS) is 11.9. The zero-order valence-corrected chi connectivity index (χ0v) is 16.3. The summed E-state index contributed by atoms with van der Waals surface area (Å²) in [6.45, 7) is 0.276. The van der Waals surface area contributed by atoms with Gasteiger partial charge in [0.15, 0.2) is 0 Å². The quantitative estimate of drug-likeness (QED) is 0.585. The van der Waals surface area contributed by atoms with E-state index in [-0.39, 0.29) is 12.3 Å². The van der Waals surface area contributed by atoms with Crippen molar-refractivity contribution in [2.45, 2.75) is 6.61 Å². The maximum atomic E-state index is 14.1. The molecule has 0 atom stereocenters. The summed E-state index contributed by atoms with van der Waals surface area (Å²) < 4.78 is 37.7. The van der Waals surface area contributed by atoms with Crippen LogP contribution in [0.5, 0.6) is 5.75 Å². The lowest BCUT2D eigenvalue weighted by atomic mass is 10.0. The van der Waals surface area contributed by atoms with Crippen LogP contribution in [0.2, 0.25) is 0 Å². The number of hydrogen-bond acceptors (Lipinski definition) is 5. The van der Waals surface area contributed by atoms with E-state index >= 15 is 0 Å². The van der Waals surface area contributed by atoms with Gasteiger partial charge in [-0.2, -0.15) is 0 Å². The Morgan fingerprint density at radius 2 is 1.93 bits per heavy atom. The van der Waals surface area contributed by atoms with E-state index < -0.39 is 23.5 Å². The molecule has 0 aliphatic carbocycles. The molecule has 0 N–H and O–H groups in total. The van der Waals surface area contributed by atoms with Crippen LogP contribution in [0.1, 0.15) is 25.6 Å². The van der Waals surface area contributed by atoms with Crippen molar-refractivity contribution in [3.8, 4) is 16.2 Å². The largest absolute Gasteiger partial charge is 0.488 e. The molecule has 4 rings (SSSR count). The summed E-state index contributed by atoms with van der Waals surface area (Å²) in [6.07, 6.45) is 0. The molecule has 0 fully saturated rings. The van der Waals surface area contributed by atoms with E-state index in [4.69, 9.17) is 9.47 Å². The monoisotopic (exact) mass is 415 g/mol. The highest BCUT2D eigenvalue weighted by molar-refractivity contribution is 7.17. The first kappa shape index (κ1) is 19.1. The van der Waals surface area contributed by atoms with Crippen LogP contribution in [0.25, 0.3) is 10.4 Å². The minimum absolute atomic E-state index is 0.0209. The van der Waals surface area contributed by atoms with Gasteiger partial charge < -0.3 is 14.4 Å². The van der Waals surface area contributed by atoms with Crippen LogP contribution in [0.15, 0.2) is 42.5 Å². The van der Waals surface area contributed by atoms with E-state index in [2.05, 4.69) is 0 Å². The molecular weight excluding hydrogens is 400 g/mol. The average molecular weight is 415 g/mol. The van der Waals surface area contributed by atoms with Crippen molar-refractivity contribution >= 4 is 28.9 Å². The van der Waals surface area contributed by atoms with Gasteiger partial charge in [0.1, 0.15) is 24.0 Å².